The molecule has 0 atom stereocenters. The molecule has 0 rings (SSSR count). The van der Waals surface area contributed by atoms with Crippen molar-refractivity contribution in [1.82, 2.24) is 0 Å². The second kappa shape index (κ2) is 9.37. The summed E-state index contributed by atoms with van der Waals surface area (Å²) in [6.45, 7) is 12.6. The third-order valence-corrected chi connectivity index (χ3v) is 10.1. The van der Waals surface area contributed by atoms with Crippen LogP contribution in [0.5, 0.6) is 0 Å². The molecule has 0 aromatic rings. The van der Waals surface area contributed by atoms with Gasteiger partial charge in [0.1, 0.15) is 0 Å². The van der Waals surface area contributed by atoms with E-state index in [2.05, 4.69) is 26.2 Å². The molecule has 0 N–H and O–H groups in total. The number of carbonyl (C=O) groups is 2. The summed E-state index contributed by atoms with van der Waals surface area (Å²) < 4.78 is 16.4. The molecule has 0 aliphatic carbocycles. The maximum atomic E-state index is 10.8. The van der Waals surface area contributed by atoms with E-state index >= 15 is 0 Å². The van der Waals surface area contributed by atoms with Crippen LogP contribution in [0.1, 0.15) is 26.7 Å². The van der Waals surface area contributed by atoms with E-state index in [1.165, 1.54) is 13.8 Å². The topological polar surface area (TPSA) is 61.8 Å². The van der Waals surface area contributed by atoms with Crippen LogP contribution in [-0.4, -0.2) is 41.8 Å². The molecule has 0 amide bonds. The average molecular weight is 335 g/mol. The molecule has 0 aromatic carbocycles. The largest absolute Gasteiger partial charge is 0.466 e. The van der Waals surface area contributed by atoms with Gasteiger partial charge >= 0.3 is 11.9 Å². The van der Waals surface area contributed by atoms with E-state index in [1.807, 2.05) is 0 Å². The molecule has 0 aromatic heterocycles. The van der Waals surface area contributed by atoms with Gasteiger partial charge in [0.05, 0.1) is 13.2 Å². The molecule has 0 spiro atoms. The first-order valence-electron chi connectivity index (χ1n) is 7.51. The summed E-state index contributed by atoms with van der Waals surface area (Å²) in [5, 5.41) is 0. The van der Waals surface area contributed by atoms with E-state index in [4.69, 9.17) is 13.6 Å². The van der Waals surface area contributed by atoms with Crippen LogP contribution in [0.4, 0.5) is 0 Å². The Kier molecular flexibility index (Phi) is 9.07. The van der Waals surface area contributed by atoms with Gasteiger partial charge < -0.3 is 13.6 Å². The van der Waals surface area contributed by atoms with E-state index in [0.717, 1.165) is 24.9 Å². The van der Waals surface area contributed by atoms with Gasteiger partial charge in [-0.25, -0.2) is 0 Å². The first kappa shape index (κ1) is 20.3. The van der Waals surface area contributed by atoms with E-state index in [0.29, 0.717) is 13.2 Å². The molecule has 0 bridgehead atoms. The third-order valence-electron chi connectivity index (χ3n) is 2.86. The first-order valence-corrected chi connectivity index (χ1v) is 13.7. The van der Waals surface area contributed by atoms with Crippen LogP contribution in [0, 0.1) is 0 Å². The third kappa shape index (κ3) is 12.8. The molecule has 124 valence electrons. The number of hydrogen-bond donors (Lipinski definition) is 0. The van der Waals surface area contributed by atoms with Crippen LogP contribution < -0.4 is 0 Å². The zero-order valence-electron chi connectivity index (χ0n) is 14.3. The average Bonchev–Trinajstić information content (AvgIpc) is 2.28. The fourth-order valence-electron chi connectivity index (χ4n) is 2.29. The molecule has 0 unspecified atom stereocenters. The smallest absolute Gasteiger partial charge is 0.302 e. The minimum Gasteiger partial charge on any atom is -0.466 e. The van der Waals surface area contributed by atoms with Gasteiger partial charge in [0.25, 0.3) is 0 Å². The Morgan fingerprint density at radius 1 is 0.810 bits per heavy atom. The Morgan fingerprint density at radius 2 is 1.19 bits per heavy atom. The summed E-state index contributed by atoms with van der Waals surface area (Å²) >= 11 is 0. The fourth-order valence-corrected chi connectivity index (χ4v) is 11.1. The van der Waals surface area contributed by atoms with Crippen molar-refractivity contribution in [3.63, 3.8) is 0 Å². The van der Waals surface area contributed by atoms with Crippen molar-refractivity contribution in [2.75, 3.05) is 13.2 Å². The molecule has 0 aliphatic heterocycles. The highest BCUT2D eigenvalue weighted by Gasteiger charge is 2.33. The summed E-state index contributed by atoms with van der Waals surface area (Å²) in [5.41, 5.74) is 0. The highest BCUT2D eigenvalue weighted by molar-refractivity contribution is 6.84. The van der Waals surface area contributed by atoms with E-state index in [-0.39, 0.29) is 11.9 Å². The van der Waals surface area contributed by atoms with E-state index in [9.17, 15) is 9.59 Å². The minimum absolute atomic E-state index is 0.237. The lowest BCUT2D eigenvalue weighted by molar-refractivity contribution is -0.141. The maximum Gasteiger partial charge on any atom is 0.302 e. The zero-order valence-corrected chi connectivity index (χ0v) is 16.3. The maximum absolute atomic E-state index is 10.8. The Bertz CT molecular complexity index is 317. The monoisotopic (exact) mass is 334 g/mol. The van der Waals surface area contributed by atoms with Gasteiger partial charge in [-0.2, -0.15) is 0 Å². The molecular weight excluding hydrogens is 304 g/mol. The molecular formula is C14H30O5Si2. The van der Waals surface area contributed by atoms with Gasteiger partial charge in [0.15, 0.2) is 16.6 Å². The molecule has 0 aliphatic rings. The minimum atomic E-state index is -1.85. The molecule has 7 heteroatoms. The highest BCUT2D eigenvalue weighted by atomic mass is 28.4. The second-order valence-corrected chi connectivity index (χ2v) is 15.5. The second-order valence-electron chi connectivity index (χ2n) is 6.55. The summed E-state index contributed by atoms with van der Waals surface area (Å²) in [4.78, 5) is 21.6. The van der Waals surface area contributed by atoms with E-state index < -0.39 is 16.6 Å². The Balaban J connectivity index is 4.33. The lowest BCUT2D eigenvalue weighted by atomic mass is 10.5. The van der Waals surface area contributed by atoms with Crippen molar-refractivity contribution in [3.8, 4) is 0 Å². The van der Waals surface area contributed by atoms with Gasteiger partial charge in [-0.3, -0.25) is 9.59 Å². The lowest BCUT2D eigenvalue weighted by Crippen LogP contribution is -2.44. The van der Waals surface area contributed by atoms with Crippen molar-refractivity contribution < 1.29 is 23.2 Å². The number of esters is 2. The summed E-state index contributed by atoms with van der Waals surface area (Å²) in [6.07, 6.45) is 1.67. The molecule has 0 fully saturated rings. The number of carbonyl (C=O) groups excluding carboxylic acids is 2. The van der Waals surface area contributed by atoms with Gasteiger partial charge in [-0.1, -0.05) is 0 Å². The normalized spacial score (nSPS) is 12.1. The highest BCUT2D eigenvalue weighted by Crippen LogP contribution is 2.25. The molecule has 0 radical (unpaired) electrons. The molecule has 21 heavy (non-hydrogen) atoms. The van der Waals surface area contributed by atoms with Crippen molar-refractivity contribution >= 4 is 28.6 Å². The van der Waals surface area contributed by atoms with Crippen molar-refractivity contribution in [1.29, 1.82) is 0 Å². The van der Waals surface area contributed by atoms with Crippen LogP contribution in [0.3, 0.4) is 0 Å². The fraction of sp³-hybridized carbons (Fsp3) is 0.857. The summed E-state index contributed by atoms with van der Waals surface area (Å²) in [5.74, 6) is -0.473. The SMILES string of the molecule is CC(=O)OCCC[Si](C)(CCCOC(C)=O)O[Si](C)(C)C. The van der Waals surface area contributed by atoms with Crippen LogP contribution in [0.25, 0.3) is 0 Å². The Hall–Kier alpha value is -0.666. The van der Waals surface area contributed by atoms with Crippen molar-refractivity contribution in [2.45, 2.75) is 65.0 Å². The van der Waals surface area contributed by atoms with Gasteiger partial charge in [-0.15, -0.1) is 0 Å². The van der Waals surface area contributed by atoms with Gasteiger partial charge in [0.2, 0.25) is 0 Å². The lowest BCUT2D eigenvalue weighted by Gasteiger charge is -2.34. The molecule has 5 nitrogen and oxygen atoms in total. The summed E-state index contributed by atoms with van der Waals surface area (Å²) in [6, 6.07) is 1.93. The predicted octanol–water partition coefficient (Wildman–Crippen LogP) is 3.32. The number of ether oxygens (including phenoxy) is 2. The Labute approximate surface area is 130 Å². The number of rotatable bonds is 10. The van der Waals surface area contributed by atoms with Crippen molar-refractivity contribution in [3.05, 3.63) is 0 Å². The number of hydrogen-bond acceptors (Lipinski definition) is 5. The molecule has 0 heterocycles. The standard InChI is InChI=1S/C14H30O5Si2/c1-13(15)17-9-7-11-21(6,19-20(3,4)5)12-8-10-18-14(2)16/h7-12H2,1-6H3. The van der Waals surface area contributed by atoms with Crippen molar-refractivity contribution in [2.24, 2.45) is 0 Å². The quantitative estimate of drug-likeness (QED) is 0.348. The van der Waals surface area contributed by atoms with E-state index in [1.54, 1.807) is 0 Å². The summed E-state index contributed by atoms with van der Waals surface area (Å²) in [7, 11) is -3.46. The first-order chi connectivity index (χ1) is 9.54. The van der Waals surface area contributed by atoms with Crippen LogP contribution >= 0.6 is 0 Å². The molecule has 0 saturated carbocycles. The van der Waals surface area contributed by atoms with Crippen LogP contribution in [0.2, 0.25) is 38.3 Å². The zero-order chi connectivity index (χ0) is 16.5. The van der Waals surface area contributed by atoms with Gasteiger partial charge in [-0.05, 0) is 51.1 Å². The van der Waals surface area contributed by atoms with Crippen LogP contribution in [0.15, 0.2) is 0 Å². The van der Waals surface area contributed by atoms with Crippen LogP contribution in [-0.2, 0) is 23.2 Å². The molecule has 0 saturated heterocycles. The predicted molar refractivity (Wildman–Crippen MR) is 88.2 cm³/mol. The Morgan fingerprint density at radius 3 is 1.48 bits per heavy atom. The van der Waals surface area contributed by atoms with Gasteiger partial charge in [0, 0.05) is 13.8 Å².